The molecule has 0 radical (unpaired) electrons. The summed E-state index contributed by atoms with van der Waals surface area (Å²) in [5.74, 6) is 3.34. The number of fused-ring (bicyclic) bond motifs is 3. The second kappa shape index (κ2) is 9.27. The third kappa shape index (κ3) is 4.26. The van der Waals surface area contributed by atoms with Crippen molar-refractivity contribution >= 4 is 49.5 Å². The summed E-state index contributed by atoms with van der Waals surface area (Å²) in [6, 6.07) is 6.95. The van der Waals surface area contributed by atoms with Gasteiger partial charge < -0.3 is 9.64 Å². The summed E-state index contributed by atoms with van der Waals surface area (Å²) in [7, 11) is 0. The summed E-state index contributed by atoms with van der Waals surface area (Å²) in [6.45, 7) is 5.78. The molecule has 6 rings (SSSR count). The van der Waals surface area contributed by atoms with E-state index >= 15 is 0 Å². The second-order valence-electron chi connectivity index (χ2n) is 9.27. The molecule has 3 fully saturated rings. The molecular weight excluding hydrogens is 454 g/mol. The topological polar surface area (TPSA) is 73.1 Å². The zero-order valence-electron chi connectivity index (χ0n) is 19.0. The van der Waals surface area contributed by atoms with Crippen molar-refractivity contribution in [1.29, 1.82) is 0 Å². The number of carbonyl (C=O) groups is 1. The molecule has 2 unspecified atom stereocenters. The Hall–Kier alpha value is -2.10. The molecule has 1 aromatic carbocycles. The van der Waals surface area contributed by atoms with Crippen molar-refractivity contribution in [2.45, 2.75) is 64.0 Å². The van der Waals surface area contributed by atoms with E-state index in [1.54, 1.807) is 0 Å². The molecule has 2 aromatic heterocycles. The smallest absolute Gasteiger partial charge is 0.159 e. The molecule has 176 valence electrons. The number of ketones is 1. The van der Waals surface area contributed by atoms with Crippen LogP contribution in [0.2, 0.25) is 0 Å². The summed E-state index contributed by atoms with van der Waals surface area (Å²) < 4.78 is 7.70. The van der Waals surface area contributed by atoms with Crippen molar-refractivity contribution in [2.24, 2.45) is 0 Å². The Kier molecular flexibility index (Phi) is 6.75. The number of ether oxygens (including phenoxy) is 1. The minimum absolute atomic E-state index is 0. The first-order valence-electron chi connectivity index (χ1n) is 11.3. The lowest BCUT2D eigenvalue weighted by Crippen LogP contribution is -2.37. The first-order valence-corrected chi connectivity index (χ1v) is 11.3. The summed E-state index contributed by atoms with van der Waals surface area (Å²) in [4.78, 5) is 23.5. The van der Waals surface area contributed by atoms with Gasteiger partial charge in [-0.1, -0.05) is 0 Å². The van der Waals surface area contributed by atoms with E-state index in [4.69, 9.17) is 19.8 Å². The lowest BCUT2D eigenvalue weighted by Gasteiger charge is -2.28. The van der Waals surface area contributed by atoms with Gasteiger partial charge >= 0.3 is 0 Å². The van der Waals surface area contributed by atoms with Crippen molar-refractivity contribution in [1.82, 2.24) is 19.7 Å². The van der Waals surface area contributed by atoms with Gasteiger partial charge in [-0.3, -0.25) is 4.79 Å². The Morgan fingerprint density at radius 1 is 1.03 bits per heavy atom. The predicted molar refractivity (Wildman–Crippen MR) is 139 cm³/mol. The number of carbonyl (C=O) groups excluding carboxylic acids is 1. The highest BCUT2D eigenvalue weighted by atomic mass is 32.1. The average molecular weight is 486 g/mol. The van der Waals surface area contributed by atoms with Gasteiger partial charge in [0.05, 0.1) is 30.5 Å². The molecule has 4 heterocycles. The van der Waals surface area contributed by atoms with Crippen LogP contribution >= 0.6 is 27.0 Å². The highest BCUT2D eigenvalue weighted by Crippen LogP contribution is 2.36. The molecule has 0 N–H and O–H groups in total. The number of anilines is 1. The highest BCUT2D eigenvalue weighted by Gasteiger charge is 2.39. The van der Waals surface area contributed by atoms with E-state index in [1.807, 2.05) is 17.8 Å². The van der Waals surface area contributed by atoms with Crippen LogP contribution in [0.1, 0.15) is 55.0 Å². The van der Waals surface area contributed by atoms with Crippen LogP contribution in [0.5, 0.6) is 0 Å². The molecule has 2 bridgehead atoms. The Balaban J connectivity index is 0.00000130. The fraction of sp³-hybridized carbons (Fsp3) is 0.500. The molecule has 3 aliphatic rings. The molecule has 33 heavy (non-hydrogen) atoms. The molecule has 3 aromatic rings. The number of morpholine rings is 1. The van der Waals surface area contributed by atoms with E-state index in [9.17, 15) is 4.79 Å². The number of nitrogens with zero attached hydrogens (tertiary/aromatic N) is 5. The van der Waals surface area contributed by atoms with E-state index in [-0.39, 0.29) is 27.0 Å². The minimum Gasteiger partial charge on any atom is -0.374 e. The Labute approximate surface area is 207 Å². The summed E-state index contributed by atoms with van der Waals surface area (Å²) in [6.07, 6.45) is 6.58. The van der Waals surface area contributed by atoms with Gasteiger partial charge in [-0.15, -0.1) is 0 Å². The van der Waals surface area contributed by atoms with Crippen LogP contribution in [-0.2, 0) is 9.53 Å². The summed E-state index contributed by atoms with van der Waals surface area (Å²) in [5, 5.41) is 5.80. The van der Waals surface area contributed by atoms with E-state index in [1.165, 1.54) is 11.1 Å². The Bertz CT molecular complexity index is 1190. The number of rotatable bonds is 3. The molecule has 2 atom stereocenters. The molecule has 2 aliphatic heterocycles. The van der Waals surface area contributed by atoms with Crippen LogP contribution in [0.25, 0.3) is 16.7 Å². The van der Waals surface area contributed by atoms with Gasteiger partial charge in [-0.2, -0.15) is 32.1 Å². The first kappa shape index (κ1) is 24.0. The maximum absolute atomic E-state index is 11.7. The summed E-state index contributed by atoms with van der Waals surface area (Å²) >= 11 is 0. The zero-order chi connectivity index (χ0) is 21.1. The van der Waals surface area contributed by atoms with Crippen LogP contribution < -0.4 is 4.90 Å². The van der Waals surface area contributed by atoms with Crippen molar-refractivity contribution in [3.8, 4) is 5.82 Å². The van der Waals surface area contributed by atoms with Gasteiger partial charge in [-0.05, 0) is 62.3 Å². The van der Waals surface area contributed by atoms with E-state index in [0.29, 0.717) is 36.7 Å². The zero-order valence-corrected chi connectivity index (χ0v) is 21.0. The number of aryl methyl sites for hydroxylation is 2. The molecule has 1 saturated carbocycles. The second-order valence-corrected chi connectivity index (χ2v) is 9.27. The standard InChI is InChI=1S/C24H27N5O2.2H2S/c1-14-7-17-11-25-29(22(17)9-21(14)16-3-5-19(30)6-4-16)24-10-23(26-15(2)27-24)28-12-20-8-18(28)13-31-20;;/h7,9-11,16,18,20H,3-6,8,12-13H2,1-2H3;2*1H2. The van der Waals surface area contributed by atoms with Crippen molar-refractivity contribution in [3.05, 3.63) is 41.3 Å². The van der Waals surface area contributed by atoms with Gasteiger partial charge in [0.1, 0.15) is 17.4 Å². The normalized spacial score (nSPS) is 22.5. The minimum atomic E-state index is 0. The van der Waals surface area contributed by atoms with Crippen LogP contribution in [0.15, 0.2) is 24.4 Å². The maximum atomic E-state index is 11.7. The van der Waals surface area contributed by atoms with Crippen molar-refractivity contribution in [3.63, 3.8) is 0 Å². The lowest BCUT2D eigenvalue weighted by atomic mass is 9.81. The molecule has 0 spiro atoms. The third-order valence-electron chi connectivity index (χ3n) is 7.16. The van der Waals surface area contributed by atoms with Gasteiger partial charge in [0.25, 0.3) is 0 Å². The fourth-order valence-corrected chi connectivity index (χ4v) is 5.55. The van der Waals surface area contributed by atoms with Gasteiger partial charge in [-0.25, -0.2) is 14.6 Å². The van der Waals surface area contributed by atoms with Crippen LogP contribution in [0, 0.1) is 13.8 Å². The summed E-state index contributed by atoms with van der Waals surface area (Å²) in [5.41, 5.74) is 3.67. The fourth-order valence-electron chi connectivity index (χ4n) is 5.55. The lowest BCUT2D eigenvalue weighted by molar-refractivity contribution is -0.120. The number of hydrogen-bond donors (Lipinski definition) is 0. The maximum Gasteiger partial charge on any atom is 0.159 e. The van der Waals surface area contributed by atoms with Crippen LogP contribution in [0.4, 0.5) is 5.82 Å². The number of hydrogen-bond acceptors (Lipinski definition) is 6. The van der Waals surface area contributed by atoms with Crippen LogP contribution in [0.3, 0.4) is 0 Å². The largest absolute Gasteiger partial charge is 0.374 e. The average Bonchev–Trinajstić information content (AvgIpc) is 3.49. The first-order chi connectivity index (χ1) is 15.0. The predicted octanol–water partition coefficient (Wildman–Crippen LogP) is 3.86. The van der Waals surface area contributed by atoms with Gasteiger partial charge in [0, 0.05) is 30.8 Å². The molecule has 2 saturated heterocycles. The molecule has 0 amide bonds. The third-order valence-corrected chi connectivity index (χ3v) is 7.16. The Morgan fingerprint density at radius 2 is 1.79 bits per heavy atom. The quantitative estimate of drug-likeness (QED) is 0.561. The van der Waals surface area contributed by atoms with Gasteiger partial charge in [0.15, 0.2) is 5.82 Å². The van der Waals surface area contributed by atoms with E-state index in [0.717, 1.165) is 60.8 Å². The molecule has 7 nitrogen and oxygen atoms in total. The monoisotopic (exact) mass is 485 g/mol. The van der Waals surface area contributed by atoms with E-state index in [2.05, 4.69) is 30.0 Å². The Morgan fingerprint density at radius 3 is 2.48 bits per heavy atom. The number of Topliss-reactive ketones (excluding diaryl/α,β-unsaturated/α-hetero) is 1. The van der Waals surface area contributed by atoms with Crippen molar-refractivity contribution < 1.29 is 9.53 Å². The number of benzene rings is 1. The molecule has 1 aliphatic carbocycles. The SMILES string of the molecule is Cc1nc(N2CC3CC2CO3)cc(-n2ncc3cc(C)c(C4CCC(=O)CC4)cc32)n1.S.S. The number of aromatic nitrogens is 4. The molecular formula is C24H31N5O2S2. The van der Waals surface area contributed by atoms with Gasteiger partial charge in [0.2, 0.25) is 0 Å². The highest BCUT2D eigenvalue weighted by molar-refractivity contribution is 7.59. The molecule has 9 heteroatoms. The van der Waals surface area contributed by atoms with E-state index < -0.39 is 0 Å². The van der Waals surface area contributed by atoms with Crippen LogP contribution in [-0.4, -0.2) is 50.8 Å². The van der Waals surface area contributed by atoms with Crippen molar-refractivity contribution in [2.75, 3.05) is 18.1 Å².